The van der Waals surface area contributed by atoms with Crippen molar-refractivity contribution in [3.8, 4) is 0 Å². The Labute approximate surface area is 119 Å². The SMILES string of the molecule is CN(c1ncccn1)C1CCN(Cc2ccn(C)n2)C1. The quantitative estimate of drug-likeness (QED) is 0.828. The Kier molecular flexibility index (Phi) is 3.64. The minimum atomic E-state index is 0.473. The maximum absolute atomic E-state index is 4.44. The first kappa shape index (κ1) is 13.1. The van der Waals surface area contributed by atoms with Crippen LogP contribution in [-0.4, -0.2) is 50.8 Å². The Hall–Kier alpha value is -1.95. The summed E-state index contributed by atoms with van der Waals surface area (Å²) in [7, 11) is 4.03. The minimum Gasteiger partial charge on any atom is -0.340 e. The van der Waals surface area contributed by atoms with Crippen molar-refractivity contribution in [1.29, 1.82) is 0 Å². The summed E-state index contributed by atoms with van der Waals surface area (Å²) >= 11 is 0. The topological polar surface area (TPSA) is 50.1 Å². The van der Waals surface area contributed by atoms with Gasteiger partial charge in [-0.3, -0.25) is 9.58 Å². The van der Waals surface area contributed by atoms with Crippen molar-refractivity contribution >= 4 is 5.95 Å². The molecule has 1 aliphatic heterocycles. The fourth-order valence-electron chi connectivity index (χ4n) is 2.69. The Balaban J connectivity index is 1.59. The Bertz CT molecular complexity index is 552. The number of likely N-dealkylation sites (tertiary alicyclic amines) is 1. The number of aromatic nitrogens is 4. The Morgan fingerprint density at radius 1 is 1.35 bits per heavy atom. The highest BCUT2D eigenvalue weighted by molar-refractivity contribution is 5.29. The summed E-state index contributed by atoms with van der Waals surface area (Å²) in [4.78, 5) is 13.2. The number of rotatable bonds is 4. The van der Waals surface area contributed by atoms with Crippen LogP contribution in [0.1, 0.15) is 12.1 Å². The van der Waals surface area contributed by atoms with Crippen LogP contribution in [0, 0.1) is 0 Å². The van der Waals surface area contributed by atoms with Gasteiger partial charge in [0, 0.05) is 58.4 Å². The van der Waals surface area contributed by atoms with Crippen molar-refractivity contribution < 1.29 is 0 Å². The van der Waals surface area contributed by atoms with Crippen LogP contribution >= 0.6 is 0 Å². The van der Waals surface area contributed by atoms with Gasteiger partial charge in [0.05, 0.1) is 5.69 Å². The van der Waals surface area contributed by atoms with E-state index in [-0.39, 0.29) is 0 Å². The highest BCUT2D eigenvalue weighted by Crippen LogP contribution is 2.19. The molecular formula is C14H20N6. The highest BCUT2D eigenvalue weighted by atomic mass is 15.3. The van der Waals surface area contributed by atoms with E-state index in [2.05, 4.69) is 38.0 Å². The monoisotopic (exact) mass is 272 g/mol. The van der Waals surface area contributed by atoms with E-state index in [0.717, 1.165) is 37.7 Å². The van der Waals surface area contributed by atoms with E-state index in [1.165, 1.54) is 0 Å². The molecule has 0 spiro atoms. The van der Waals surface area contributed by atoms with Crippen LogP contribution in [-0.2, 0) is 13.6 Å². The zero-order valence-corrected chi connectivity index (χ0v) is 12.0. The molecular weight excluding hydrogens is 252 g/mol. The standard InChI is InChI=1S/C14H20N6/c1-18-8-4-12(17-18)10-20-9-5-13(11-20)19(2)14-15-6-3-7-16-14/h3-4,6-8,13H,5,9-11H2,1-2H3. The second-order valence-electron chi connectivity index (χ2n) is 5.32. The zero-order chi connectivity index (χ0) is 13.9. The predicted molar refractivity (Wildman–Crippen MR) is 77.3 cm³/mol. The van der Waals surface area contributed by atoms with Gasteiger partial charge in [-0.2, -0.15) is 5.10 Å². The van der Waals surface area contributed by atoms with Gasteiger partial charge in [-0.1, -0.05) is 0 Å². The van der Waals surface area contributed by atoms with Crippen LogP contribution in [0.5, 0.6) is 0 Å². The maximum atomic E-state index is 4.44. The van der Waals surface area contributed by atoms with Crippen LogP contribution in [0.15, 0.2) is 30.7 Å². The molecule has 0 N–H and O–H groups in total. The molecule has 1 aliphatic rings. The molecule has 0 amide bonds. The summed E-state index contributed by atoms with van der Waals surface area (Å²) in [5, 5.41) is 4.44. The summed E-state index contributed by atoms with van der Waals surface area (Å²) < 4.78 is 1.85. The number of aryl methyl sites for hydroxylation is 1. The Morgan fingerprint density at radius 2 is 2.15 bits per heavy atom. The number of anilines is 1. The summed E-state index contributed by atoms with van der Waals surface area (Å²) in [6.07, 6.45) is 6.72. The smallest absolute Gasteiger partial charge is 0.225 e. The average Bonchev–Trinajstić information content (AvgIpc) is 3.09. The molecule has 106 valence electrons. The van der Waals surface area contributed by atoms with Gasteiger partial charge in [0.15, 0.2) is 0 Å². The largest absolute Gasteiger partial charge is 0.340 e. The molecule has 0 aliphatic carbocycles. The third kappa shape index (κ3) is 2.80. The average molecular weight is 272 g/mol. The fourth-order valence-corrected chi connectivity index (χ4v) is 2.69. The van der Waals surface area contributed by atoms with E-state index in [1.54, 1.807) is 12.4 Å². The molecule has 0 aromatic carbocycles. The first-order valence-corrected chi connectivity index (χ1v) is 6.93. The lowest BCUT2D eigenvalue weighted by atomic mass is 10.2. The van der Waals surface area contributed by atoms with Gasteiger partial charge in [0.25, 0.3) is 0 Å². The second kappa shape index (κ2) is 5.58. The molecule has 3 heterocycles. The first-order valence-electron chi connectivity index (χ1n) is 6.93. The van der Waals surface area contributed by atoms with E-state index in [9.17, 15) is 0 Å². The van der Waals surface area contributed by atoms with Crippen molar-refractivity contribution in [2.75, 3.05) is 25.0 Å². The lowest BCUT2D eigenvalue weighted by Gasteiger charge is -2.24. The third-order valence-corrected chi connectivity index (χ3v) is 3.82. The summed E-state index contributed by atoms with van der Waals surface area (Å²) in [5.74, 6) is 0.803. The van der Waals surface area contributed by atoms with Gasteiger partial charge in [-0.05, 0) is 18.6 Å². The summed E-state index contributed by atoms with van der Waals surface area (Å²) in [6, 6.07) is 4.40. The minimum absolute atomic E-state index is 0.473. The fraction of sp³-hybridized carbons (Fsp3) is 0.500. The molecule has 1 unspecified atom stereocenters. The lowest BCUT2D eigenvalue weighted by molar-refractivity contribution is 0.320. The molecule has 0 bridgehead atoms. The molecule has 3 rings (SSSR count). The van der Waals surface area contributed by atoms with E-state index in [1.807, 2.05) is 24.0 Å². The van der Waals surface area contributed by atoms with E-state index < -0.39 is 0 Å². The Morgan fingerprint density at radius 3 is 2.85 bits per heavy atom. The number of nitrogens with zero attached hydrogens (tertiary/aromatic N) is 6. The molecule has 1 atom stereocenters. The number of hydrogen-bond acceptors (Lipinski definition) is 5. The van der Waals surface area contributed by atoms with Crippen LogP contribution < -0.4 is 4.90 Å². The van der Waals surface area contributed by atoms with Crippen molar-refractivity contribution in [3.05, 3.63) is 36.4 Å². The lowest BCUT2D eigenvalue weighted by Crippen LogP contribution is -2.35. The van der Waals surface area contributed by atoms with Gasteiger partial charge >= 0.3 is 0 Å². The molecule has 1 saturated heterocycles. The van der Waals surface area contributed by atoms with Crippen molar-refractivity contribution in [2.45, 2.75) is 19.0 Å². The normalized spacial score (nSPS) is 19.4. The summed E-state index contributed by atoms with van der Waals surface area (Å²) in [6.45, 7) is 3.05. The predicted octanol–water partition coefficient (Wildman–Crippen LogP) is 0.921. The third-order valence-electron chi connectivity index (χ3n) is 3.82. The van der Waals surface area contributed by atoms with Gasteiger partial charge in [-0.15, -0.1) is 0 Å². The molecule has 2 aromatic heterocycles. The maximum Gasteiger partial charge on any atom is 0.225 e. The first-order chi connectivity index (χ1) is 9.72. The van der Waals surface area contributed by atoms with Crippen LogP contribution in [0.25, 0.3) is 0 Å². The van der Waals surface area contributed by atoms with Crippen molar-refractivity contribution in [1.82, 2.24) is 24.6 Å². The highest BCUT2D eigenvalue weighted by Gasteiger charge is 2.27. The molecule has 2 aromatic rings. The molecule has 0 radical (unpaired) electrons. The van der Waals surface area contributed by atoms with E-state index in [4.69, 9.17) is 0 Å². The molecule has 6 nitrogen and oxygen atoms in total. The van der Waals surface area contributed by atoms with E-state index >= 15 is 0 Å². The van der Waals surface area contributed by atoms with Crippen LogP contribution in [0.4, 0.5) is 5.95 Å². The van der Waals surface area contributed by atoms with Crippen LogP contribution in [0.3, 0.4) is 0 Å². The van der Waals surface area contributed by atoms with Crippen LogP contribution in [0.2, 0.25) is 0 Å². The molecule has 20 heavy (non-hydrogen) atoms. The van der Waals surface area contributed by atoms with Gasteiger partial charge < -0.3 is 4.90 Å². The summed E-state index contributed by atoms with van der Waals surface area (Å²) in [5.41, 5.74) is 1.13. The number of hydrogen-bond donors (Lipinski definition) is 0. The zero-order valence-electron chi connectivity index (χ0n) is 12.0. The van der Waals surface area contributed by atoms with Gasteiger partial charge in [-0.25, -0.2) is 9.97 Å². The number of likely N-dealkylation sites (N-methyl/N-ethyl adjacent to an activating group) is 1. The molecule has 0 saturated carbocycles. The van der Waals surface area contributed by atoms with Gasteiger partial charge in [0.1, 0.15) is 0 Å². The van der Waals surface area contributed by atoms with Crippen molar-refractivity contribution in [2.24, 2.45) is 7.05 Å². The van der Waals surface area contributed by atoms with E-state index in [0.29, 0.717) is 6.04 Å². The second-order valence-corrected chi connectivity index (χ2v) is 5.32. The molecule has 6 heteroatoms. The van der Waals surface area contributed by atoms with Crippen molar-refractivity contribution in [3.63, 3.8) is 0 Å². The van der Waals surface area contributed by atoms with Gasteiger partial charge in [0.2, 0.25) is 5.95 Å². The molecule has 1 fully saturated rings.